The summed E-state index contributed by atoms with van der Waals surface area (Å²) in [7, 11) is 1.35. The zero-order valence-electron chi connectivity index (χ0n) is 7.94. The summed E-state index contributed by atoms with van der Waals surface area (Å²) in [5, 5.41) is 13.3. The number of methoxy groups -OCH3 is 1. The molecule has 6 nitrogen and oxygen atoms in total. The summed E-state index contributed by atoms with van der Waals surface area (Å²) >= 11 is 0. The normalized spacial score (nSPS) is 13.3. The lowest BCUT2D eigenvalue weighted by molar-refractivity contribution is -0.385. The summed E-state index contributed by atoms with van der Waals surface area (Å²) in [6, 6.07) is 2.72. The minimum atomic E-state index is -0.526. The van der Waals surface area contributed by atoms with Gasteiger partial charge in [0.05, 0.1) is 12.0 Å². The maximum atomic E-state index is 11.3. The molecule has 0 spiro atoms. The first-order valence-electron chi connectivity index (χ1n) is 4.27. The average molecular weight is 208 g/mol. The Morgan fingerprint density at radius 1 is 1.53 bits per heavy atom. The van der Waals surface area contributed by atoms with Gasteiger partial charge in [-0.05, 0) is 6.07 Å². The van der Waals surface area contributed by atoms with E-state index in [1.165, 1.54) is 19.2 Å². The highest BCUT2D eigenvalue weighted by atomic mass is 16.6. The van der Waals surface area contributed by atoms with E-state index in [9.17, 15) is 14.9 Å². The molecule has 1 aliphatic rings. The van der Waals surface area contributed by atoms with Crippen LogP contribution in [0.4, 0.5) is 5.69 Å². The molecular weight excluding hydrogens is 200 g/mol. The number of carbonyl (C=O) groups is 1. The number of nitrogens with zero attached hydrogens (tertiary/aromatic N) is 1. The van der Waals surface area contributed by atoms with Crippen LogP contribution in [0.2, 0.25) is 0 Å². The number of hydrogen-bond donors (Lipinski definition) is 1. The monoisotopic (exact) mass is 208 g/mol. The Bertz CT molecular complexity index is 456. The number of carbonyl (C=O) groups excluding carboxylic acids is 1. The van der Waals surface area contributed by atoms with E-state index in [1.807, 2.05) is 0 Å². The number of ether oxygens (including phenoxy) is 1. The Morgan fingerprint density at radius 3 is 2.87 bits per heavy atom. The summed E-state index contributed by atoms with van der Waals surface area (Å²) in [5.74, 6) is -0.0611. The molecule has 0 unspecified atom stereocenters. The SMILES string of the molecule is COc1c([N+](=O)[O-])ccc2c1CNC2=O. The summed E-state index contributed by atoms with van der Waals surface area (Å²) < 4.78 is 4.96. The van der Waals surface area contributed by atoms with Crippen LogP contribution in [0.15, 0.2) is 12.1 Å². The molecule has 6 heteroatoms. The van der Waals surface area contributed by atoms with Gasteiger partial charge in [-0.25, -0.2) is 0 Å². The van der Waals surface area contributed by atoms with Crippen LogP contribution in [0.5, 0.6) is 5.75 Å². The summed E-state index contributed by atoms with van der Waals surface area (Å²) in [6.45, 7) is 0.277. The maximum absolute atomic E-state index is 11.3. The Kier molecular flexibility index (Phi) is 2.03. The number of nitro benzene ring substituents is 1. The molecule has 15 heavy (non-hydrogen) atoms. The van der Waals surface area contributed by atoms with E-state index in [-0.39, 0.29) is 23.9 Å². The fourth-order valence-electron chi connectivity index (χ4n) is 1.64. The van der Waals surface area contributed by atoms with Crippen molar-refractivity contribution in [2.75, 3.05) is 7.11 Å². The Hall–Kier alpha value is -2.11. The first kappa shape index (κ1) is 9.45. The van der Waals surface area contributed by atoms with Gasteiger partial charge in [0, 0.05) is 23.7 Å². The molecule has 0 fully saturated rings. The molecule has 0 aliphatic carbocycles. The van der Waals surface area contributed by atoms with E-state index in [1.54, 1.807) is 0 Å². The third-order valence-electron chi connectivity index (χ3n) is 2.31. The Labute approximate surface area is 85.0 Å². The molecule has 0 radical (unpaired) electrons. The van der Waals surface area contributed by atoms with Crippen molar-refractivity contribution < 1.29 is 14.5 Å². The molecule has 1 aliphatic heterocycles. The van der Waals surface area contributed by atoms with E-state index in [4.69, 9.17) is 4.74 Å². The molecule has 0 aromatic heterocycles. The number of nitro groups is 1. The van der Waals surface area contributed by atoms with Gasteiger partial charge in [-0.15, -0.1) is 0 Å². The van der Waals surface area contributed by atoms with Gasteiger partial charge in [0.1, 0.15) is 0 Å². The number of nitrogens with one attached hydrogen (secondary N) is 1. The largest absolute Gasteiger partial charge is 0.490 e. The summed E-state index contributed by atoms with van der Waals surface area (Å²) in [5.41, 5.74) is 0.877. The molecule has 0 saturated heterocycles. The molecule has 1 amide bonds. The lowest BCUT2D eigenvalue weighted by Gasteiger charge is -2.05. The quantitative estimate of drug-likeness (QED) is 0.577. The number of benzene rings is 1. The predicted molar refractivity (Wildman–Crippen MR) is 50.8 cm³/mol. The Balaban J connectivity index is 2.65. The topological polar surface area (TPSA) is 81.5 Å². The highest BCUT2D eigenvalue weighted by Crippen LogP contribution is 2.35. The van der Waals surface area contributed by atoms with E-state index < -0.39 is 4.92 Å². The van der Waals surface area contributed by atoms with Crippen LogP contribution in [0, 0.1) is 10.1 Å². The minimum Gasteiger partial charge on any atom is -0.490 e. The van der Waals surface area contributed by atoms with E-state index in [0.717, 1.165) is 0 Å². The van der Waals surface area contributed by atoms with Gasteiger partial charge in [0.15, 0.2) is 0 Å². The van der Waals surface area contributed by atoms with Gasteiger partial charge < -0.3 is 10.1 Å². The van der Waals surface area contributed by atoms with Crippen molar-refractivity contribution in [2.45, 2.75) is 6.54 Å². The van der Waals surface area contributed by atoms with E-state index in [0.29, 0.717) is 11.1 Å². The second-order valence-electron chi connectivity index (χ2n) is 3.08. The van der Waals surface area contributed by atoms with Crippen molar-refractivity contribution in [1.29, 1.82) is 0 Å². The molecule has 0 bridgehead atoms. The highest BCUT2D eigenvalue weighted by molar-refractivity contribution is 5.99. The molecule has 1 aromatic rings. The van der Waals surface area contributed by atoms with Gasteiger partial charge in [0.25, 0.3) is 5.91 Å². The minimum absolute atomic E-state index is 0.118. The number of hydrogen-bond acceptors (Lipinski definition) is 4. The van der Waals surface area contributed by atoms with Crippen molar-refractivity contribution in [3.05, 3.63) is 33.4 Å². The van der Waals surface area contributed by atoms with Crippen LogP contribution in [-0.2, 0) is 6.54 Å². The second kappa shape index (κ2) is 3.23. The van der Waals surface area contributed by atoms with E-state index >= 15 is 0 Å². The molecule has 1 N–H and O–H groups in total. The van der Waals surface area contributed by atoms with Gasteiger partial charge in [-0.2, -0.15) is 0 Å². The van der Waals surface area contributed by atoms with Gasteiger partial charge >= 0.3 is 5.69 Å². The van der Waals surface area contributed by atoms with Crippen molar-refractivity contribution in [3.8, 4) is 5.75 Å². The zero-order valence-corrected chi connectivity index (χ0v) is 7.94. The van der Waals surface area contributed by atoms with Crippen molar-refractivity contribution in [2.24, 2.45) is 0 Å². The molecule has 0 saturated carbocycles. The third kappa shape index (κ3) is 1.30. The summed E-state index contributed by atoms with van der Waals surface area (Å²) in [6.07, 6.45) is 0. The summed E-state index contributed by atoms with van der Waals surface area (Å²) in [4.78, 5) is 21.4. The van der Waals surface area contributed by atoms with E-state index in [2.05, 4.69) is 5.32 Å². The van der Waals surface area contributed by atoms with Crippen molar-refractivity contribution in [3.63, 3.8) is 0 Å². The molecule has 1 heterocycles. The van der Waals surface area contributed by atoms with Crippen LogP contribution in [0.25, 0.3) is 0 Å². The smallest absolute Gasteiger partial charge is 0.311 e. The van der Waals surface area contributed by atoms with Crippen LogP contribution < -0.4 is 10.1 Å². The average Bonchev–Trinajstić information content (AvgIpc) is 2.59. The molecule has 0 atom stereocenters. The van der Waals surface area contributed by atoms with Crippen molar-refractivity contribution in [1.82, 2.24) is 5.32 Å². The van der Waals surface area contributed by atoms with Gasteiger partial charge in [0.2, 0.25) is 5.75 Å². The first-order chi connectivity index (χ1) is 7.15. The van der Waals surface area contributed by atoms with Crippen molar-refractivity contribution >= 4 is 11.6 Å². The lowest BCUT2D eigenvalue weighted by atomic mass is 10.1. The number of fused-ring (bicyclic) bond motifs is 1. The second-order valence-corrected chi connectivity index (χ2v) is 3.08. The molecular formula is C9H8N2O4. The standard InChI is InChI=1S/C9H8N2O4/c1-15-8-6-4-10-9(12)5(6)2-3-7(8)11(13)14/h2-3H,4H2,1H3,(H,10,12). The zero-order chi connectivity index (χ0) is 11.0. The predicted octanol–water partition coefficient (Wildman–Crippen LogP) is 0.847. The lowest BCUT2D eigenvalue weighted by Crippen LogP contribution is -2.12. The molecule has 78 valence electrons. The maximum Gasteiger partial charge on any atom is 0.311 e. The van der Waals surface area contributed by atoms with Gasteiger partial charge in [-0.3, -0.25) is 14.9 Å². The number of amides is 1. The fraction of sp³-hybridized carbons (Fsp3) is 0.222. The molecule has 1 aromatic carbocycles. The van der Waals surface area contributed by atoms with Gasteiger partial charge in [-0.1, -0.05) is 0 Å². The first-order valence-corrected chi connectivity index (χ1v) is 4.27. The molecule has 2 rings (SSSR count). The number of rotatable bonds is 2. The highest BCUT2D eigenvalue weighted by Gasteiger charge is 2.28. The third-order valence-corrected chi connectivity index (χ3v) is 2.31. The van der Waals surface area contributed by atoms with Crippen LogP contribution >= 0.6 is 0 Å². The Morgan fingerprint density at radius 2 is 2.27 bits per heavy atom. The van der Waals surface area contributed by atoms with Crippen LogP contribution in [-0.4, -0.2) is 17.9 Å². The van der Waals surface area contributed by atoms with Crippen LogP contribution in [0.1, 0.15) is 15.9 Å². The van der Waals surface area contributed by atoms with Crippen LogP contribution in [0.3, 0.4) is 0 Å². The fourth-order valence-corrected chi connectivity index (χ4v) is 1.64.